The van der Waals surface area contributed by atoms with E-state index in [0.29, 0.717) is 15.6 Å². The van der Waals surface area contributed by atoms with E-state index >= 15 is 0 Å². The zero-order valence-electron chi connectivity index (χ0n) is 18.5. The predicted molar refractivity (Wildman–Crippen MR) is 134 cm³/mol. The first-order valence-electron chi connectivity index (χ1n) is 10.2. The highest BCUT2D eigenvalue weighted by molar-refractivity contribution is 7.89. The Hall–Kier alpha value is -2.91. The Labute approximate surface area is 209 Å². The van der Waals surface area contributed by atoms with Crippen LogP contribution in [0.4, 0.5) is 0 Å². The van der Waals surface area contributed by atoms with Crippen molar-refractivity contribution in [3.63, 3.8) is 0 Å². The van der Waals surface area contributed by atoms with Crippen LogP contribution in [0.1, 0.15) is 16.7 Å². The molecule has 0 aromatic heterocycles. The largest absolute Gasteiger partial charge is 0.495 e. The Morgan fingerprint density at radius 1 is 1.06 bits per heavy atom. The molecule has 7 nitrogen and oxygen atoms in total. The van der Waals surface area contributed by atoms with Gasteiger partial charge < -0.3 is 4.74 Å². The topological polar surface area (TPSA) is 88.1 Å². The summed E-state index contributed by atoms with van der Waals surface area (Å²) in [6.07, 6.45) is 1.39. The zero-order chi connectivity index (χ0) is 24.7. The predicted octanol–water partition coefficient (Wildman–Crippen LogP) is 4.65. The van der Waals surface area contributed by atoms with Gasteiger partial charge in [-0.05, 0) is 47.9 Å². The van der Waals surface area contributed by atoms with E-state index in [-0.39, 0.29) is 17.2 Å². The molecule has 0 spiro atoms. The van der Waals surface area contributed by atoms with Gasteiger partial charge in [-0.1, -0.05) is 65.7 Å². The molecule has 3 aromatic carbocycles. The van der Waals surface area contributed by atoms with Crippen molar-refractivity contribution in [2.24, 2.45) is 5.10 Å². The van der Waals surface area contributed by atoms with Crippen LogP contribution in [0.2, 0.25) is 10.0 Å². The molecule has 1 N–H and O–H groups in total. The number of rotatable bonds is 9. The van der Waals surface area contributed by atoms with Gasteiger partial charge in [0.2, 0.25) is 10.0 Å². The lowest BCUT2D eigenvalue weighted by molar-refractivity contribution is -0.121. The highest BCUT2D eigenvalue weighted by atomic mass is 35.5. The number of methoxy groups -OCH3 is 1. The molecule has 0 atom stereocenters. The van der Waals surface area contributed by atoms with Gasteiger partial charge in [0.15, 0.2) is 0 Å². The van der Waals surface area contributed by atoms with Crippen molar-refractivity contribution in [1.82, 2.24) is 9.73 Å². The number of nitrogens with zero attached hydrogens (tertiary/aromatic N) is 2. The summed E-state index contributed by atoms with van der Waals surface area (Å²) in [5.41, 5.74) is 4.45. The normalized spacial score (nSPS) is 11.7. The summed E-state index contributed by atoms with van der Waals surface area (Å²) in [4.78, 5) is 12.6. The van der Waals surface area contributed by atoms with Crippen molar-refractivity contribution in [1.29, 1.82) is 0 Å². The molecular formula is C24H23Cl2N3O4S. The van der Waals surface area contributed by atoms with Gasteiger partial charge in [-0.15, -0.1) is 0 Å². The SMILES string of the molecule is COc1ccc(C)cc1S(=O)(=O)N(CC(=O)N/N=C/c1ccc(Cl)c(Cl)c1)Cc1ccccc1. The number of ether oxygens (including phenoxy) is 1. The van der Waals surface area contributed by atoms with Crippen LogP contribution in [0.3, 0.4) is 0 Å². The molecule has 10 heteroatoms. The molecule has 1 amide bonds. The first-order valence-corrected chi connectivity index (χ1v) is 12.4. The number of sulfonamides is 1. The molecule has 0 saturated heterocycles. The lowest BCUT2D eigenvalue weighted by atomic mass is 10.2. The summed E-state index contributed by atoms with van der Waals surface area (Å²) in [6.45, 7) is 1.32. The van der Waals surface area contributed by atoms with Gasteiger partial charge in [0.1, 0.15) is 10.6 Å². The van der Waals surface area contributed by atoms with Crippen LogP contribution in [0, 0.1) is 6.92 Å². The summed E-state index contributed by atoms with van der Waals surface area (Å²) in [7, 11) is -2.69. The van der Waals surface area contributed by atoms with Crippen molar-refractivity contribution in [2.45, 2.75) is 18.4 Å². The number of nitrogens with one attached hydrogen (secondary N) is 1. The van der Waals surface area contributed by atoms with E-state index in [1.165, 1.54) is 19.4 Å². The number of hydrogen-bond acceptors (Lipinski definition) is 5. The second-order valence-corrected chi connectivity index (χ2v) is 10.1. The highest BCUT2D eigenvalue weighted by Crippen LogP contribution is 2.28. The fourth-order valence-corrected chi connectivity index (χ4v) is 5.04. The Bertz CT molecular complexity index is 1300. The number of benzene rings is 3. The van der Waals surface area contributed by atoms with Crippen LogP contribution in [0.15, 0.2) is 76.7 Å². The molecule has 0 fully saturated rings. The van der Waals surface area contributed by atoms with Crippen molar-refractivity contribution < 1.29 is 17.9 Å². The number of hydrogen-bond donors (Lipinski definition) is 1. The summed E-state index contributed by atoms with van der Waals surface area (Å²) < 4.78 is 33.5. The second-order valence-electron chi connectivity index (χ2n) is 7.38. The molecule has 0 bridgehead atoms. The average Bonchev–Trinajstić information content (AvgIpc) is 2.81. The van der Waals surface area contributed by atoms with E-state index in [1.807, 2.05) is 6.07 Å². The van der Waals surface area contributed by atoms with E-state index in [9.17, 15) is 13.2 Å². The molecule has 3 aromatic rings. The standard InChI is InChI=1S/C24H23Cl2N3O4S/c1-17-8-11-22(33-2)23(12-17)34(31,32)29(15-18-6-4-3-5-7-18)16-24(30)28-27-14-19-9-10-20(25)21(26)13-19/h3-14H,15-16H2,1-2H3,(H,28,30)/b27-14+. The Balaban J connectivity index is 1.84. The van der Waals surface area contributed by atoms with Crippen molar-refractivity contribution in [2.75, 3.05) is 13.7 Å². The minimum absolute atomic E-state index is 0.00973. The second kappa shape index (κ2) is 11.5. The number of carbonyl (C=O) groups is 1. The molecule has 3 rings (SSSR count). The fourth-order valence-electron chi connectivity index (χ4n) is 3.10. The molecule has 34 heavy (non-hydrogen) atoms. The van der Waals surface area contributed by atoms with E-state index < -0.39 is 22.5 Å². The molecule has 0 heterocycles. The molecule has 0 aliphatic rings. The fraction of sp³-hybridized carbons (Fsp3) is 0.167. The lowest BCUT2D eigenvalue weighted by Crippen LogP contribution is -2.39. The third-order valence-corrected chi connectivity index (χ3v) is 7.36. The Kier molecular flexibility index (Phi) is 8.68. The first-order chi connectivity index (χ1) is 16.2. The van der Waals surface area contributed by atoms with Crippen LogP contribution in [0.5, 0.6) is 5.75 Å². The monoisotopic (exact) mass is 519 g/mol. The quantitative estimate of drug-likeness (QED) is 0.329. The Morgan fingerprint density at radius 2 is 1.79 bits per heavy atom. The van der Waals surface area contributed by atoms with Crippen LogP contribution >= 0.6 is 23.2 Å². The maximum absolute atomic E-state index is 13.6. The molecular weight excluding hydrogens is 497 g/mol. The first kappa shape index (κ1) is 25.7. The van der Waals surface area contributed by atoms with Crippen molar-refractivity contribution >= 4 is 45.3 Å². The Morgan fingerprint density at radius 3 is 2.47 bits per heavy atom. The minimum atomic E-state index is -4.08. The van der Waals surface area contributed by atoms with Gasteiger partial charge in [-0.3, -0.25) is 4.79 Å². The molecule has 0 unspecified atom stereocenters. The maximum Gasteiger partial charge on any atom is 0.255 e. The van der Waals surface area contributed by atoms with Gasteiger partial charge in [-0.2, -0.15) is 9.41 Å². The maximum atomic E-state index is 13.6. The molecule has 0 aliphatic carbocycles. The summed E-state index contributed by atoms with van der Waals surface area (Å²) >= 11 is 11.9. The smallest absolute Gasteiger partial charge is 0.255 e. The van der Waals surface area contributed by atoms with Crippen LogP contribution in [0.25, 0.3) is 0 Å². The third kappa shape index (κ3) is 6.57. The van der Waals surface area contributed by atoms with E-state index in [2.05, 4.69) is 10.5 Å². The third-order valence-electron chi connectivity index (χ3n) is 4.81. The van der Waals surface area contributed by atoms with Crippen LogP contribution in [-0.2, 0) is 21.4 Å². The number of aryl methyl sites for hydroxylation is 1. The van der Waals surface area contributed by atoms with Crippen LogP contribution < -0.4 is 10.2 Å². The number of halogens is 2. The summed E-state index contributed by atoms with van der Waals surface area (Å²) in [5, 5.41) is 4.65. The summed E-state index contributed by atoms with van der Waals surface area (Å²) in [5.74, 6) is -0.413. The number of amides is 1. The number of carbonyl (C=O) groups excluding carboxylic acids is 1. The van der Waals surface area contributed by atoms with E-state index in [1.54, 1.807) is 61.5 Å². The summed E-state index contributed by atoms with van der Waals surface area (Å²) in [6, 6.07) is 18.8. The molecule has 178 valence electrons. The van der Waals surface area contributed by atoms with Crippen molar-refractivity contribution in [3.05, 3.63) is 93.5 Å². The zero-order valence-corrected chi connectivity index (χ0v) is 20.9. The van der Waals surface area contributed by atoms with Crippen LogP contribution in [-0.4, -0.2) is 38.5 Å². The van der Waals surface area contributed by atoms with Crippen molar-refractivity contribution in [3.8, 4) is 5.75 Å². The number of hydrazone groups is 1. The molecule has 0 aliphatic heterocycles. The van der Waals surface area contributed by atoms with Gasteiger partial charge in [0, 0.05) is 6.54 Å². The lowest BCUT2D eigenvalue weighted by Gasteiger charge is -2.23. The van der Waals surface area contributed by atoms with E-state index in [0.717, 1.165) is 15.4 Å². The molecule has 0 radical (unpaired) electrons. The average molecular weight is 520 g/mol. The van der Waals surface area contributed by atoms with Gasteiger partial charge >= 0.3 is 0 Å². The highest BCUT2D eigenvalue weighted by Gasteiger charge is 2.30. The molecule has 0 saturated carbocycles. The minimum Gasteiger partial charge on any atom is -0.495 e. The van der Waals surface area contributed by atoms with Gasteiger partial charge in [0.05, 0.1) is 29.9 Å². The van der Waals surface area contributed by atoms with E-state index in [4.69, 9.17) is 27.9 Å². The van der Waals surface area contributed by atoms with Gasteiger partial charge in [0.25, 0.3) is 5.91 Å². The van der Waals surface area contributed by atoms with Gasteiger partial charge in [-0.25, -0.2) is 13.8 Å².